The Hall–Kier alpha value is -2.83. The number of likely N-dealkylation sites (N-methyl/N-ethyl adjacent to an activating group) is 2. The number of carbonyl (C=O) groups is 2. The van der Waals surface area contributed by atoms with E-state index < -0.39 is 0 Å². The van der Waals surface area contributed by atoms with Crippen molar-refractivity contribution < 1.29 is 14.3 Å². The van der Waals surface area contributed by atoms with Crippen LogP contribution in [-0.4, -0.2) is 66.2 Å². The van der Waals surface area contributed by atoms with Crippen LogP contribution >= 0.6 is 0 Å². The Bertz CT molecular complexity index is 827. The molecule has 0 aliphatic heterocycles. The van der Waals surface area contributed by atoms with Gasteiger partial charge in [-0.1, -0.05) is 6.07 Å². The smallest absolute Gasteiger partial charge is 0.241 e. The van der Waals surface area contributed by atoms with Gasteiger partial charge in [-0.2, -0.15) is 5.10 Å². The van der Waals surface area contributed by atoms with Gasteiger partial charge in [0, 0.05) is 39.3 Å². The molecule has 0 unspecified atom stereocenters. The van der Waals surface area contributed by atoms with E-state index >= 15 is 0 Å². The maximum atomic E-state index is 12.4. The summed E-state index contributed by atoms with van der Waals surface area (Å²) in [5.41, 5.74) is 3.87. The van der Waals surface area contributed by atoms with Gasteiger partial charge in [0.1, 0.15) is 5.75 Å². The molecule has 146 valence electrons. The molecule has 0 N–H and O–H groups in total. The molecule has 0 radical (unpaired) electrons. The summed E-state index contributed by atoms with van der Waals surface area (Å²) >= 11 is 0. The number of aromatic nitrogens is 2. The fraction of sp³-hybridized carbons (Fsp3) is 0.450. The number of rotatable bonds is 7. The molecule has 0 bridgehead atoms. The standard InChI is InChI=1S/C20H28N4O3/c1-14-18(10-11-19(25)23(5)13-20(26)22(3)4)15(2)24(21-14)16-8-7-9-17(12-16)27-6/h7-9,12H,10-11,13H2,1-6H3. The number of aryl methyl sites for hydroxylation is 1. The van der Waals surface area contributed by atoms with E-state index in [0.29, 0.717) is 12.8 Å². The molecule has 1 aromatic carbocycles. The Balaban J connectivity index is 2.10. The van der Waals surface area contributed by atoms with Gasteiger partial charge >= 0.3 is 0 Å². The maximum absolute atomic E-state index is 12.4. The third-order valence-corrected chi connectivity index (χ3v) is 4.62. The predicted octanol–water partition coefficient (Wildman–Crippen LogP) is 1.98. The number of methoxy groups -OCH3 is 1. The fourth-order valence-electron chi connectivity index (χ4n) is 2.89. The zero-order valence-corrected chi connectivity index (χ0v) is 16.9. The molecule has 0 atom stereocenters. The molecule has 0 spiro atoms. The van der Waals surface area contributed by atoms with E-state index in [-0.39, 0.29) is 18.4 Å². The maximum Gasteiger partial charge on any atom is 0.241 e. The zero-order chi connectivity index (χ0) is 20.1. The highest BCUT2D eigenvalue weighted by atomic mass is 16.5. The lowest BCUT2D eigenvalue weighted by atomic mass is 10.1. The molecule has 2 aromatic rings. The van der Waals surface area contributed by atoms with Crippen molar-refractivity contribution in [3.05, 3.63) is 41.2 Å². The van der Waals surface area contributed by atoms with E-state index in [1.54, 1.807) is 28.3 Å². The van der Waals surface area contributed by atoms with Crippen LogP contribution in [0.15, 0.2) is 24.3 Å². The van der Waals surface area contributed by atoms with Crippen LogP contribution in [0.5, 0.6) is 5.75 Å². The van der Waals surface area contributed by atoms with Gasteiger partial charge < -0.3 is 14.5 Å². The molecule has 0 aliphatic carbocycles. The number of benzene rings is 1. The molecule has 0 saturated heterocycles. The number of ether oxygens (including phenoxy) is 1. The van der Waals surface area contributed by atoms with Crippen LogP contribution in [0.4, 0.5) is 0 Å². The first-order chi connectivity index (χ1) is 12.7. The van der Waals surface area contributed by atoms with Gasteiger partial charge in [0.2, 0.25) is 11.8 Å². The molecule has 2 rings (SSSR count). The Labute approximate surface area is 160 Å². The largest absolute Gasteiger partial charge is 0.497 e. The molecule has 1 aromatic heterocycles. The minimum atomic E-state index is -0.0935. The summed E-state index contributed by atoms with van der Waals surface area (Å²) in [5, 5.41) is 4.63. The van der Waals surface area contributed by atoms with Crippen molar-refractivity contribution in [3.8, 4) is 11.4 Å². The topological polar surface area (TPSA) is 67.7 Å². The van der Waals surface area contributed by atoms with Crippen LogP contribution in [0, 0.1) is 13.8 Å². The molecular weight excluding hydrogens is 344 g/mol. The van der Waals surface area contributed by atoms with Crippen LogP contribution in [0.25, 0.3) is 5.69 Å². The normalized spacial score (nSPS) is 10.6. The summed E-state index contributed by atoms with van der Waals surface area (Å²) in [4.78, 5) is 27.1. The number of hydrogen-bond donors (Lipinski definition) is 0. The van der Waals surface area contributed by atoms with Gasteiger partial charge in [0.05, 0.1) is 25.0 Å². The lowest BCUT2D eigenvalue weighted by Gasteiger charge is -2.19. The highest BCUT2D eigenvalue weighted by Crippen LogP contribution is 2.22. The van der Waals surface area contributed by atoms with Gasteiger partial charge in [-0.25, -0.2) is 4.68 Å². The Kier molecular flexibility index (Phi) is 6.60. The fourth-order valence-corrected chi connectivity index (χ4v) is 2.89. The minimum absolute atomic E-state index is 0.0573. The van der Waals surface area contributed by atoms with Crippen LogP contribution in [0.1, 0.15) is 23.4 Å². The van der Waals surface area contributed by atoms with Crippen LogP contribution in [0.3, 0.4) is 0 Å². The summed E-state index contributed by atoms with van der Waals surface area (Å²) < 4.78 is 7.16. The molecule has 0 aliphatic rings. The van der Waals surface area contributed by atoms with Crippen molar-refractivity contribution >= 4 is 11.8 Å². The second kappa shape index (κ2) is 8.70. The molecule has 1 heterocycles. The van der Waals surface area contributed by atoms with E-state index in [1.165, 1.54) is 9.80 Å². The summed E-state index contributed by atoms with van der Waals surface area (Å²) in [6.07, 6.45) is 0.920. The first-order valence-corrected chi connectivity index (χ1v) is 8.88. The van der Waals surface area contributed by atoms with E-state index in [2.05, 4.69) is 5.10 Å². The average Bonchev–Trinajstić information content (AvgIpc) is 2.93. The lowest BCUT2D eigenvalue weighted by molar-refractivity contribution is -0.137. The quantitative estimate of drug-likeness (QED) is 0.745. The molecular formula is C20H28N4O3. The van der Waals surface area contributed by atoms with E-state index in [0.717, 1.165) is 28.4 Å². The molecule has 0 saturated carbocycles. The summed E-state index contributed by atoms with van der Waals surface area (Å²) in [6, 6.07) is 7.71. The van der Waals surface area contributed by atoms with Crippen molar-refractivity contribution in [1.29, 1.82) is 0 Å². The summed E-state index contributed by atoms with van der Waals surface area (Å²) in [7, 11) is 6.65. The second-order valence-corrected chi connectivity index (χ2v) is 6.80. The van der Waals surface area contributed by atoms with E-state index in [4.69, 9.17) is 4.74 Å². The molecule has 2 amide bonds. The average molecular weight is 372 g/mol. The van der Waals surface area contributed by atoms with Gasteiger partial charge in [-0.05, 0) is 38.0 Å². The first-order valence-electron chi connectivity index (χ1n) is 8.88. The number of hydrogen-bond acceptors (Lipinski definition) is 4. The van der Waals surface area contributed by atoms with Crippen LogP contribution in [-0.2, 0) is 16.0 Å². The van der Waals surface area contributed by atoms with E-state index in [1.807, 2.05) is 42.8 Å². The number of amides is 2. The van der Waals surface area contributed by atoms with Gasteiger partial charge in [-0.3, -0.25) is 9.59 Å². The minimum Gasteiger partial charge on any atom is -0.497 e. The highest BCUT2D eigenvalue weighted by molar-refractivity contribution is 5.84. The lowest BCUT2D eigenvalue weighted by Crippen LogP contribution is -2.37. The Morgan fingerprint density at radius 3 is 2.48 bits per heavy atom. The second-order valence-electron chi connectivity index (χ2n) is 6.80. The predicted molar refractivity (Wildman–Crippen MR) is 104 cm³/mol. The Morgan fingerprint density at radius 1 is 1.15 bits per heavy atom. The molecule has 27 heavy (non-hydrogen) atoms. The molecule has 0 fully saturated rings. The van der Waals surface area contributed by atoms with Crippen molar-refractivity contribution in [2.24, 2.45) is 0 Å². The number of carbonyl (C=O) groups excluding carboxylic acids is 2. The van der Waals surface area contributed by atoms with Gasteiger partial charge in [0.25, 0.3) is 0 Å². The third-order valence-electron chi connectivity index (χ3n) is 4.62. The van der Waals surface area contributed by atoms with Gasteiger partial charge in [-0.15, -0.1) is 0 Å². The SMILES string of the molecule is COc1cccc(-n2nc(C)c(CCC(=O)N(C)CC(=O)N(C)C)c2C)c1. The van der Waals surface area contributed by atoms with Crippen molar-refractivity contribution in [3.63, 3.8) is 0 Å². The number of nitrogens with zero attached hydrogens (tertiary/aromatic N) is 4. The van der Waals surface area contributed by atoms with Crippen molar-refractivity contribution in [1.82, 2.24) is 19.6 Å². The summed E-state index contributed by atoms with van der Waals surface area (Å²) in [6.45, 7) is 4.04. The molecule has 7 heteroatoms. The highest BCUT2D eigenvalue weighted by Gasteiger charge is 2.18. The Morgan fingerprint density at radius 2 is 1.85 bits per heavy atom. The van der Waals surface area contributed by atoms with Crippen LogP contribution in [0.2, 0.25) is 0 Å². The zero-order valence-electron chi connectivity index (χ0n) is 16.9. The van der Waals surface area contributed by atoms with Crippen molar-refractivity contribution in [2.45, 2.75) is 26.7 Å². The third kappa shape index (κ3) is 4.87. The van der Waals surface area contributed by atoms with Gasteiger partial charge in [0.15, 0.2) is 0 Å². The van der Waals surface area contributed by atoms with Crippen molar-refractivity contribution in [2.75, 3.05) is 34.8 Å². The van der Waals surface area contributed by atoms with Crippen LogP contribution < -0.4 is 4.74 Å². The van der Waals surface area contributed by atoms with E-state index in [9.17, 15) is 9.59 Å². The summed E-state index contributed by atoms with van der Waals surface area (Å²) in [5.74, 6) is 0.617. The molecule has 7 nitrogen and oxygen atoms in total. The monoisotopic (exact) mass is 372 g/mol. The first kappa shape index (κ1) is 20.5.